The van der Waals surface area contributed by atoms with Crippen molar-refractivity contribution in [2.75, 3.05) is 45.9 Å². The summed E-state index contributed by atoms with van der Waals surface area (Å²) >= 11 is 3.53. The summed E-state index contributed by atoms with van der Waals surface area (Å²) in [5, 5.41) is 3.47. The second-order valence-corrected chi connectivity index (χ2v) is 7.69. The Morgan fingerprint density at radius 2 is 2.12 bits per heavy atom. The second-order valence-electron chi connectivity index (χ2n) is 6.78. The Morgan fingerprint density at radius 3 is 2.84 bits per heavy atom. The highest BCUT2D eigenvalue weighted by Crippen LogP contribution is 2.19. The topological polar surface area (TPSA) is 40.1 Å². The summed E-state index contributed by atoms with van der Waals surface area (Å²) in [5.41, 5.74) is 2.56. The van der Waals surface area contributed by atoms with Gasteiger partial charge in [-0.25, -0.2) is 4.99 Å². The molecule has 2 aliphatic heterocycles. The van der Waals surface area contributed by atoms with Gasteiger partial charge in [0.1, 0.15) is 0 Å². The minimum Gasteiger partial charge on any atom is -0.379 e. The number of hydrogen-bond donors (Lipinski definition) is 1. The monoisotopic (exact) mass is 408 g/mol. The lowest BCUT2D eigenvalue weighted by atomic mass is 10.1. The Labute approximate surface area is 159 Å². The molecule has 2 heterocycles. The van der Waals surface area contributed by atoms with E-state index < -0.39 is 0 Å². The number of rotatable bonds is 4. The number of nitrogens with zero attached hydrogens (tertiary/aromatic N) is 3. The molecule has 138 valence electrons. The van der Waals surface area contributed by atoms with Crippen LogP contribution in [-0.2, 0) is 11.3 Å². The quantitative estimate of drug-likeness (QED) is 0.613. The molecule has 25 heavy (non-hydrogen) atoms. The van der Waals surface area contributed by atoms with Crippen molar-refractivity contribution in [2.24, 2.45) is 4.99 Å². The third-order valence-electron chi connectivity index (χ3n) is 5.06. The van der Waals surface area contributed by atoms with E-state index in [1.165, 1.54) is 17.5 Å². The van der Waals surface area contributed by atoms with Gasteiger partial charge >= 0.3 is 0 Å². The third kappa shape index (κ3) is 4.96. The molecule has 2 saturated heterocycles. The molecule has 0 saturated carbocycles. The fraction of sp³-hybridized carbons (Fsp3) is 0.632. The van der Waals surface area contributed by atoms with Crippen LogP contribution in [0, 0.1) is 6.92 Å². The predicted molar refractivity (Wildman–Crippen MR) is 106 cm³/mol. The highest BCUT2D eigenvalue weighted by molar-refractivity contribution is 9.10. The van der Waals surface area contributed by atoms with Crippen LogP contribution in [0.2, 0.25) is 0 Å². The van der Waals surface area contributed by atoms with E-state index in [2.05, 4.69) is 63.1 Å². The van der Waals surface area contributed by atoms with Gasteiger partial charge in [0.05, 0.1) is 19.8 Å². The minimum absolute atomic E-state index is 0.627. The lowest BCUT2D eigenvalue weighted by Crippen LogP contribution is -2.46. The molecule has 1 aromatic carbocycles. The first-order valence-electron chi connectivity index (χ1n) is 9.27. The maximum atomic E-state index is 5.48. The van der Waals surface area contributed by atoms with E-state index in [1.807, 2.05) is 0 Å². The molecule has 1 unspecified atom stereocenters. The standard InChI is InChI=1S/C19H29BrN4O/c1-3-21-19(22-13-16-4-5-17(20)12-15(16)2)24-7-6-18(14-24)23-8-10-25-11-9-23/h4-5,12,18H,3,6-11,13-14H2,1-2H3,(H,21,22). The first-order valence-corrected chi connectivity index (χ1v) is 10.1. The number of aryl methyl sites for hydroxylation is 1. The van der Waals surface area contributed by atoms with Gasteiger partial charge in [0.2, 0.25) is 0 Å². The largest absolute Gasteiger partial charge is 0.379 e. The molecule has 2 aliphatic rings. The van der Waals surface area contributed by atoms with Gasteiger partial charge in [-0.1, -0.05) is 22.0 Å². The fourth-order valence-electron chi connectivity index (χ4n) is 3.60. The number of ether oxygens (including phenoxy) is 1. The molecule has 2 fully saturated rings. The number of benzene rings is 1. The van der Waals surface area contributed by atoms with Crippen LogP contribution >= 0.6 is 15.9 Å². The van der Waals surface area contributed by atoms with Crippen LogP contribution in [-0.4, -0.2) is 67.7 Å². The van der Waals surface area contributed by atoms with Crippen LogP contribution in [0.5, 0.6) is 0 Å². The van der Waals surface area contributed by atoms with Crippen LogP contribution in [0.3, 0.4) is 0 Å². The van der Waals surface area contributed by atoms with Crippen LogP contribution in [0.25, 0.3) is 0 Å². The van der Waals surface area contributed by atoms with Crippen molar-refractivity contribution in [2.45, 2.75) is 32.9 Å². The normalized spacial score (nSPS) is 22.4. The summed E-state index contributed by atoms with van der Waals surface area (Å²) in [6.45, 7) is 11.9. The maximum Gasteiger partial charge on any atom is 0.194 e. The zero-order chi connectivity index (χ0) is 17.6. The van der Waals surface area contributed by atoms with Gasteiger partial charge in [-0.15, -0.1) is 0 Å². The molecule has 0 amide bonds. The van der Waals surface area contributed by atoms with Crippen LogP contribution in [0.1, 0.15) is 24.5 Å². The minimum atomic E-state index is 0.627. The molecular formula is C19H29BrN4O. The number of nitrogens with one attached hydrogen (secondary N) is 1. The zero-order valence-corrected chi connectivity index (χ0v) is 16.9. The Balaban J connectivity index is 1.64. The SMILES string of the molecule is CCNC(=NCc1ccc(Br)cc1C)N1CCC(N2CCOCC2)C1. The van der Waals surface area contributed by atoms with Crippen molar-refractivity contribution >= 4 is 21.9 Å². The number of morpholine rings is 1. The summed E-state index contributed by atoms with van der Waals surface area (Å²) < 4.78 is 6.61. The molecule has 0 spiro atoms. The van der Waals surface area contributed by atoms with E-state index >= 15 is 0 Å². The van der Waals surface area contributed by atoms with Crippen molar-refractivity contribution in [1.82, 2.24) is 15.1 Å². The summed E-state index contributed by atoms with van der Waals surface area (Å²) in [6, 6.07) is 7.03. The molecule has 5 nitrogen and oxygen atoms in total. The summed E-state index contributed by atoms with van der Waals surface area (Å²) in [4.78, 5) is 9.90. The summed E-state index contributed by atoms with van der Waals surface area (Å²) in [6.07, 6.45) is 1.21. The molecule has 1 aromatic rings. The van der Waals surface area contributed by atoms with Gasteiger partial charge in [0.15, 0.2) is 5.96 Å². The lowest BCUT2D eigenvalue weighted by molar-refractivity contribution is 0.0195. The van der Waals surface area contributed by atoms with E-state index in [-0.39, 0.29) is 0 Å². The van der Waals surface area contributed by atoms with Crippen molar-refractivity contribution in [1.29, 1.82) is 0 Å². The van der Waals surface area contributed by atoms with Gasteiger partial charge in [-0.05, 0) is 43.5 Å². The van der Waals surface area contributed by atoms with E-state index in [1.54, 1.807) is 0 Å². The number of guanidine groups is 1. The van der Waals surface area contributed by atoms with E-state index in [0.717, 1.165) is 62.9 Å². The van der Waals surface area contributed by atoms with Gasteiger partial charge < -0.3 is 15.0 Å². The van der Waals surface area contributed by atoms with E-state index in [9.17, 15) is 0 Å². The van der Waals surface area contributed by atoms with E-state index in [0.29, 0.717) is 6.04 Å². The molecule has 0 aliphatic carbocycles. The van der Waals surface area contributed by atoms with Crippen molar-refractivity contribution < 1.29 is 4.74 Å². The van der Waals surface area contributed by atoms with E-state index in [4.69, 9.17) is 9.73 Å². The average Bonchev–Trinajstić information content (AvgIpc) is 3.10. The van der Waals surface area contributed by atoms with Crippen molar-refractivity contribution in [3.8, 4) is 0 Å². The van der Waals surface area contributed by atoms with Crippen molar-refractivity contribution in [3.63, 3.8) is 0 Å². The summed E-state index contributed by atoms with van der Waals surface area (Å²) in [7, 11) is 0. The molecule has 6 heteroatoms. The molecule has 1 atom stereocenters. The fourth-order valence-corrected chi connectivity index (χ4v) is 4.07. The molecule has 0 bridgehead atoms. The maximum absolute atomic E-state index is 5.48. The van der Waals surface area contributed by atoms with Crippen LogP contribution in [0.15, 0.2) is 27.7 Å². The predicted octanol–water partition coefficient (Wildman–Crippen LogP) is 2.63. The number of aliphatic imine (C=N–C) groups is 1. The molecule has 0 aromatic heterocycles. The average molecular weight is 409 g/mol. The van der Waals surface area contributed by atoms with Crippen molar-refractivity contribution in [3.05, 3.63) is 33.8 Å². The Morgan fingerprint density at radius 1 is 1.32 bits per heavy atom. The lowest BCUT2D eigenvalue weighted by Gasteiger charge is -2.32. The van der Waals surface area contributed by atoms with Crippen LogP contribution in [0.4, 0.5) is 0 Å². The van der Waals surface area contributed by atoms with Gasteiger partial charge in [0, 0.05) is 43.2 Å². The molecule has 0 radical (unpaired) electrons. The smallest absolute Gasteiger partial charge is 0.194 e. The first-order chi connectivity index (χ1) is 12.2. The highest BCUT2D eigenvalue weighted by atomic mass is 79.9. The van der Waals surface area contributed by atoms with Gasteiger partial charge in [-0.2, -0.15) is 0 Å². The van der Waals surface area contributed by atoms with Gasteiger partial charge in [-0.3, -0.25) is 4.90 Å². The molecular weight excluding hydrogens is 380 g/mol. The molecule has 1 N–H and O–H groups in total. The Hall–Kier alpha value is -1.11. The number of hydrogen-bond acceptors (Lipinski definition) is 3. The summed E-state index contributed by atoms with van der Waals surface area (Å²) in [5.74, 6) is 1.04. The first kappa shape index (κ1) is 18.7. The number of likely N-dealkylation sites (tertiary alicyclic amines) is 1. The zero-order valence-electron chi connectivity index (χ0n) is 15.3. The highest BCUT2D eigenvalue weighted by Gasteiger charge is 2.30. The Bertz CT molecular complexity index is 601. The Kier molecular flexibility index (Phi) is 6.73. The molecule has 3 rings (SSSR count). The van der Waals surface area contributed by atoms with Crippen LogP contribution < -0.4 is 5.32 Å². The number of halogens is 1. The third-order valence-corrected chi connectivity index (χ3v) is 5.56. The second kappa shape index (κ2) is 9.01. The van der Waals surface area contributed by atoms with Gasteiger partial charge in [0.25, 0.3) is 0 Å².